The van der Waals surface area contributed by atoms with E-state index < -0.39 is 0 Å². The second-order valence-electron chi connectivity index (χ2n) is 6.40. The van der Waals surface area contributed by atoms with Gasteiger partial charge in [-0.3, -0.25) is 4.79 Å². The molecule has 1 aliphatic rings. The summed E-state index contributed by atoms with van der Waals surface area (Å²) in [5.74, 6) is 0.558. The van der Waals surface area contributed by atoms with E-state index in [-0.39, 0.29) is 5.91 Å². The lowest BCUT2D eigenvalue weighted by Gasteiger charge is -2.35. The van der Waals surface area contributed by atoms with Gasteiger partial charge < -0.3 is 15.1 Å². The Hall–Kier alpha value is -0.910. The number of rotatable bonds is 6. The number of carbonyl (C=O) groups excluding carboxylic acids is 1. The molecule has 0 radical (unpaired) electrons. The molecule has 5 heteroatoms. The van der Waals surface area contributed by atoms with Crippen LogP contribution in [0.15, 0.2) is 6.07 Å². The quantitative estimate of drug-likeness (QED) is 0.873. The molecule has 0 saturated carbocycles. The van der Waals surface area contributed by atoms with Crippen LogP contribution in [0, 0.1) is 19.8 Å². The number of amides is 1. The summed E-state index contributed by atoms with van der Waals surface area (Å²) in [6.07, 6.45) is 0. The summed E-state index contributed by atoms with van der Waals surface area (Å²) in [7, 11) is 0. The van der Waals surface area contributed by atoms with Gasteiger partial charge in [0, 0.05) is 44.1 Å². The fourth-order valence-corrected chi connectivity index (χ4v) is 3.78. The van der Waals surface area contributed by atoms with E-state index in [9.17, 15) is 4.79 Å². The van der Waals surface area contributed by atoms with Crippen LogP contribution < -0.4 is 5.32 Å². The zero-order valence-electron chi connectivity index (χ0n) is 14.3. The van der Waals surface area contributed by atoms with Gasteiger partial charge in [0.1, 0.15) is 0 Å². The Balaban J connectivity index is 1.71. The highest BCUT2D eigenvalue weighted by Crippen LogP contribution is 2.20. The molecule has 1 aliphatic heterocycles. The van der Waals surface area contributed by atoms with E-state index >= 15 is 0 Å². The molecule has 1 amide bonds. The molecule has 1 atom stereocenters. The maximum absolute atomic E-state index is 12.2. The third-order valence-electron chi connectivity index (χ3n) is 4.48. The van der Waals surface area contributed by atoms with E-state index in [4.69, 9.17) is 0 Å². The summed E-state index contributed by atoms with van der Waals surface area (Å²) in [4.78, 5) is 19.2. The predicted molar refractivity (Wildman–Crippen MR) is 93.8 cm³/mol. The van der Waals surface area contributed by atoms with Crippen LogP contribution in [0.4, 0.5) is 0 Å². The molecule has 2 heterocycles. The molecular weight excluding hydrogens is 294 g/mol. The molecule has 0 aliphatic carbocycles. The fourth-order valence-electron chi connectivity index (χ4n) is 2.83. The van der Waals surface area contributed by atoms with Crippen molar-refractivity contribution >= 4 is 17.2 Å². The second kappa shape index (κ2) is 8.09. The lowest BCUT2D eigenvalue weighted by Crippen LogP contribution is -2.48. The monoisotopic (exact) mass is 323 g/mol. The number of likely N-dealkylation sites (N-methyl/N-ethyl adjacent to an activating group) is 1. The maximum Gasteiger partial charge on any atom is 0.261 e. The molecule has 1 aromatic rings. The average Bonchev–Trinajstić information content (AvgIpc) is 2.85. The lowest BCUT2D eigenvalue weighted by molar-refractivity contribution is 0.0937. The van der Waals surface area contributed by atoms with Crippen LogP contribution in [0.1, 0.15) is 34.0 Å². The van der Waals surface area contributed by atoms with Crippen LogP contribution in [0.25, 0.3) is 0 Å². The highest BCUT2D eigenvalue weighted by atomic mass is 32.1. The number of piperazine rings is 1. The minimum Gasteiger partial charge on any atom is -0.351 e. The van der Waals surface area contributed by atoms with Gasteiger partial charge in [-0.1, -0.05) is 13.8 Å². The standard InChI is InChI=1S/C17H29N3OS/c1-5-19-6-8-20(9-7-19)12-13(2)11-18-17(21)16-10-14(3)15(4)22-16/h10,13H,5-9,11-12H2,1-4H3,(H,18,21). The van der Waals surface area contributed by atoms with Gasteiger partial charge in [0.25, 0.3) is 5.91 Å². The zero-order chi connectivity index (χ0) is 16.1. The molecule has 0 spiro atoms. The lowest BCUT2D eigenvalue weighted by atomic mass is 10.1. The van der Waals surface area contributed by atoms with Crippen molar-refractivity contribution in [2.45, 2.75) is 27.7 Å². The minimum atomic E-state index is 0.0730. The van der Waals surface area contributed by atoms with Crippen LogP contribution in [-0.4, -0.2) is 61.5 Å². The van der Waals surface area contributed by atoms with Crippen LogP contribution in [-0.2, 0) is 0 Å². The zero-order valence-corrected chi connectivity index (χ0v) is 15.1. The molecular formula is C17H29N3OS. The van der Waals surface area contributed by atoms with Crippen molar-refractivity contribution in [2.75, 3.05) is 45.8 Å². The Kier molecular flexibility index (Phi) is 6.41. The second-order valence-corrected chi connectivity index (χ2v) is 7.66. The molecule has 0 bridgehead atoms. The Bertz CT molecular complexity index is 473. The van der Waals surface area contributed by atoms with Gasteiger partial charge in [0.15, 0.2) is 0 Å². The van der Waals surface area contributed by atoms with Gasteiger partial charge in [-0.15, -0.1) is 11.3 Å². The van der Waals surface area contributed by atoms with Gasteiger partial charge in [-0.05, 0) is 37.9 Å². The van der Waals surface area contributed by atoms with E-state index in [1.807, 2.05) is 6.07 Å². The number of aryl methyl sites for hydroxylation is 2. The summed E-state index contributed by atoms with van der Waals surface area (Å²) in [5, 5.41) is 3.08. The summed E-state index contributed by atoms with van der Waals surface area (Å²) < 4.78 is 0. The van der Waals surface area contributed by atoms with Crippen molar-refractivity contribution in [1.82, 2.24) is 15.1 Å². The van der Waals surface area contributed by atoms with Crippen molar-refractivity contribution in [3.63, 3.8) is 0 Å². The van der Waals surface area contributed by atoms with E-state index in [2.05, 4.69) is 42.8 Å². The highest BCUT2D eigenvalue weighted by Gasteiger charge is 2.18. The Labute approximate surface area is 138 Å². The number of thiophene rings is 1. The number of nitrogens with zero attached hydrogens (tertiary/aromatic N) is 2. The highest BCUT2D eigenvalue weighted by molar-refractivity contribution is 7.14. The molecule has 1 fully saturated rings. The van der Waals surface area contributed by atoms with Gasteiger partial charge in [0.05, 0.1) is 4.88 Å². The van der Waals surface area contributed by atoms with Gasteiger partial charge in [-0.2, -0.15) is 0 Å². The molecule has 22 heavy (non-hydrogen) atoms. The van der Waals surface area contributed by atoms with E-state index in [1.165, 1.54) is 23.5 Å². The SMILES string of the molecule is CCN1CCN(CC(C)CNC(=O)c2cc(C)c(C)s2)CC1. The van der Waals surface area contributed by atoms with Crippen LogP contribution in [0.2, 0.25) is 0 Å². The Morgan fingerprint density at radius 3 is 2.45 bits per heavy atom. The van der Waals surface area contributed by atoms with Crippen LogP contribution >= 0.6 is 11.3 Å². The van der Waals surface area contributed by atoms with E-state index in [1.54, 1.807) is 11.3 Å². The molecule has 1 unspecified atom stereocenters. The summed E-state index contributed by atoms with van der Waals surface area (Å²) >= 11 is 1.58. The largest absolute Gasteiger partial charge is 0.351 e. The molecule has 2 rings (SSSR count). The Morgan fingerprint density at radius 2 is 1.91 bits per heavy atom. The average molecular weight is 324 g/mol. The Morgan fingerprint density at radius 1 is 1.27 bits per heavy atom. The normalized spacial score (nSPS) is 18.4. The van der Waals surface area contributed by atoms with Gasteiger partial charge in [-0.25, -0.2) is 0 Å². The fraction of sp³-hybridized carbons (Fsp3) is 0.706. The maximum atomic E-state index is 12.2. The third kappa shape index (κ3) is 4.80. The molecule has 4 nitrogen and oxygen atoms in total. The van der Waals surface area contributed by atoms with Crippen LogP contribution in [0.5, 0.6) is 0 Å². The molecule has 1 N–H and O–H groups in total. The van der Waals surface area contributed by atoms with Gasteiger partial charge in [0.2, 0.25) is 0 Å². The van der Waals surface area contributed by atoms with E-state index in [0.29, 0.717) is 5.92 Å². The predicted octanol–water partition coefficient (Wildman–Crippen LogP) is 2.37. The molecule has 1 saturated heterocycles. The van der Waals surface area contributed by atoms with Crippen molar-refractivity contribution in [3.8, 4) is 0 Å². The molecule has 1 aromatic heterocycles. The summed E-state index contributed by atoms with van der Waals surface area (Å²) in [6.45, 7) is 16.2. The first kappa shape index (κ1) is 17.4. The van der Waals surface area contributed by atoms with E-state index in [0.717, 1.165) is 37.6 Å². The summed E-state index contributed by atoms with van der Waals surface area (Å²) in [5.41, 5.74) is 1.21. The first-order chi connectivity index (χ1) is 10.5. The number of hydrogen-bond acceptors (Lipinski definition) is 4. The summed E-state index contributed by atoms with van der Waals surface area (Å²) in [6, 6.07) is 1.99. The van der Waals surface area contributed by atoms with Crippen molar-refractivity contribution < 1.29 is 4.79 Å². The molecule has 0 aromatic carbocycles. The smallest absolute Gasteiger partial charge is 0.261 e. The van der Waals surface area contributed by atoms with Crippen molar-refractivity contribution in [1.29, 1.82) is 0 Å². The van der Waals surface area contributed by atoms with Crippen molar-refractivity contribution in [3.05, 3.63) is 21.4 Å². The topological polar surface area (TPSA) is 35.6 Å². The number of nitrogens with one attached hydrogen (secondary N) is 1. The molecule has 124 valence electrons. The third-order valence-corrected chi connectivity index (χ3v) is 5.63. The first-order valence-electron chi connectivity index (χ1n) is 8.29. The number of carbonyl (C=O) groups is 1. The van der Waals surface area contributed by atoms with Crippen LogP contribution in [0.3, 0.4) is 0 Å². The van der Waals surface area contributed by atoms with Crippen molar-refractivity contribution in [2.24, 2.45) is 5.92 Å². The van der Waals surface area contributed by atoms with Gasteiger partial charge >= 0.3 is 0 Å². The first-order valence-corrected chi connectivity index (χ1v) is 9.11. The minimum absolute atomic E-state index is 0.0730. The number of hydrogen-bond donors (Lipinski definition) is 1.